The molecule has 3 rings (SSSR count). The number of hydrogen-bond donors (Lipinski definition) is 1. The predicted molar refractivity (Wildman–Crippen MR) is 102 cm³/mol. The molecule has 2 amide bonds. The minimum atomic E-state index is -0.690. The first-order valence-electron chi connectivity index (χ1n) is 9.41. The number of carbonyl (C=O) groups excluding carboxylic acids is 2. The zero-order valence-corrected chi connectivity index (χ0v) is 15.9. The zero-order valence-electron chi connectivity index (χ0n) is 15.9. The second kappa shape index (κ2) is 8.50. The Bertz CT molecular complexity index is 854. The Morgan fingerprint density at radius 2 is 1.82 bits per heavy atom. The molecular formula is C22H24F2N2O2. The number of piperidine rings is 1. The molecule has 148 valence electrons. The van der Waals surface area contributed by atoms with Crippen LogP contribution in [0.3, 0.4) is 0 Å². The molecule has 1 heterocycles. The summed E-state index contributed by atoms with van der Waals surface area (Å²) in [6, 6.07) is 12.0. The van der Waals surface area contributed by atoms with Gasteiger partial charge in [-0.1, -0.05) is 24.3 Å². The molecule has 1 saturated heterocycles. The van der Waals surface area contributed by atoms with Crippen LogP contribution in [-0.4, -0.2) is 29.8 Å². The first-order chi connectivity index (χ1) is 13.4. The summed E-state index contributed by atoms with van der Waals surface area (Å²) in [4.78, 5) is 27.1. The Labute approximate surface area is 163 Å². The van der Waals surface area contributed by atoms with Crippen molar-refractivity contribution >= 4 is 11.8 Å². The quantitative estimate of drug-likeness (QED) is 0.856. The van der Waals surface area contributed by atoms with Crippen molar-refractivity contribution in [1.29, 1.82) is 0 Å². The van der Waals surface area contributed by atoms with Crippen molar-refractivity contribution in [3.8, 4) is 0 Å². The minimum absolute atomic E-state index is 0.0736. The van der Waals surface area contributed by atoms with E-state index in [0.29, 0.717) is 25.1 Å². The highest BCUT2D eigenvalue weighted by Crippen LogP contribution is 2.30. The number of halogens is 2. The lowest BCUT2D eigenvalue weighted by atomic mass is 9.80. The Morgan fingerprint density at radius 3 is 2.54 bits per heavy atom. The van der Waals surface area contributed by atoms with Gasteiger partial charge in [0.25, 0.3) is 0 Å². The maximum atomic E-state index is 13.3. The predicted octanol–water partition coefficient (Wildman–Crippen LogP) is 3.45. The van der Waals surface area contributed by atoms with Gasteiger partial charge in [-0.2, -0.15) is 0 Å². The minimum Gasteiger partial charge on any atom is -0.351 e. The van der Waals surface area contributed by atoms with E-state index in [-0.39, 0.29) is 36.4 Å². The van der Waals surface area contributed by atoms with E-state index in [1.807, 2.05) is 6.92 Å². The van der Waals surface area contributed by atoms with E-state index >= 15 is 0 Å². The van der Waals surface area contributed by atoms with Crippen LogP contribution in [0, 0.1) is 17.0 Å². The van der Waals surface area contributed by atoms with E-state index in [9.17, 15) is 18.4 Å². The third kappa shape index (κ3) is 4.94. The van der Waals surface area contributed by atoms with Gasteiger partial charge in [0, 0.05) is 19.6 Å². The van der Waals surface area contributed by atoms with Crippen molar-refractivity contribution in [3.05, 3.63) is 71.3 Å². The monoisotopic (exact) mass is 386 g/mol. The topological polar surface area (TPSA) is 49.4 Å². The lowest BCUT2D eigenvalue weighted by Gasteiger charge is -2.39. The molecule has 0 unspecified atom stereocenters. The largest absolute Gasteiger partial charge is 0.351 e. The van der Waals surface area contributed by atoms with Gasteiger partial charge >= 0.3 is 0 Å². The number of amides is 2. The van der Waals surface area contributed by atoms with Gasteiger partial charge in [-0.15, -0.1) is 0 Å². The molecule has 2 aromatic carbocycles. The lowest BCUT2D eigenvalue weighted by Crippen LogP contribution is -2.52. The van der Waals surface area contributed by atoms with Crippen LogP contribution in [-0.2, 0) is 22.6 Å². The summed E-state index contributed by atoms with van der Waals surface area (Å²) < 4.78 is 26.3. The molecule has 1 N–H and O–H groups in total. The molecule has 0 aromatic heterocycles. The van der Waals surface area contributed by atoms with Gasteiger partial charge in [-0.05, 0) is 55.2 Å². The average molecular weight is 386 g/mol. The van der Waals surface area contributed by atoms with Crippen LogP contribution in [0.5, 0.6) is 0 Å². The van der Waals surface area contributed by atoms with E-state index in [0.717, 1.165) is 12.0 Å². The van der Waals surface area contributed by atoms with Gasteiger partial charge in [0.2, 0.25) is 11.8 Å². The highest BCUT2D eigenvalue weighted by Gasteiger charge is 2.39. The first-order valence-corrected chi connectivity index (χ1v) is 9.41. The second-order valence-corrected chi connectivity index (χ2v) is 7.60. The van der Waals surface area contributed by atoms with Crippen molar-refractivity contribution in [2.75, 3.05) is 13.1 Å². The molecule has 0 radical (unpaired) electrons. The van der Waals surface area contributed by atoms with Gasteiger partial charge in [-0.25, -0.2) is 8.78 Å². The fourth-order valence-electron chi connectivity index (χ4n) is 3.57. The molecular weight excluding hydrogens is 362 g/mol. The Balaban J connectivity index is 1.59. The molecule has 0 spiro atoms. The van der Waals surface area contributed by atoms with Crippen LogP contribution in [0.25, 0.3) is 0 Å². The summed E-state index contributed by atoms with van der Waals surface area (Å²) in [5.74, 6) is -0.892. The van der Waals surface area contributed by atoms with Crippen molar-refractivity contribution in [3.63, 3.8) is 0 Å². The van der Waals surface area contributed by atoms with Crippen LogP contribution in [0.4, 0.5) is 8.78 Å². The van der Waals surface area contributed by atoms with Crippen molar-refractivity contribution in [2.24, 2.45) is 5.41 Å². The number of nitrogens with one attached hydrogen (secondary N) is 1. The molecule has 0 saturated carbocycles. The Morgan fingerprint density at radius 1 is 1.07 bits per heavy atom. The van der Waals surface area contributed by atoms with Gasteiger partial charge in [-0.3, -0.25) is 9.59 Å². The van der Waals surface area contributed by atoms with E-state index in [4.69, 9.17) is 0 Å². The van der Waals surface area contributed by atoms with E-state index < -0.39 is 5.41 Å². The van der Waals surface area contributed by atoms with Gasteiger partial charge in [0.1, 0.15) is 11.6 Å². The van der Waals surface area contributed by atoms with E-state index in [1.165, 1.54) is 24.3 Å². The SMILES string of the molecule is C[C@]1(C(=O)NCc2cccc(F)c2)CCCN(C(=O)Cc2ccc(F)cc2)C1. The van der Waals surface area contributed by atoms with E-state index in [2.05, 4.69) is 5.32 Å². The standard InChI is InChI=1S/C22H24F2N2O2/c1-22(21(28)25-14-17-4-2-5-19(24)12-17)10-3-11-26(15-22)20(27)13-16-6-8-18(23)9-7-16/h2,4-9,12H,3,10-11,13-15H2,1H3,(H,25,28)/t22-/m0/s1. The normalized spacial score (nSPS) is 19.3. The fraction of sp³-hybridized carbons (Fsp3) is 0.364. The zero-order chi connectivity index (χ0) is 20.1. The number of carbonyl (C=O) groups is 2. The maximum absolute atomic E-state index is 13.3. The van der Waals surface area contributed by atoms with Crippen LogP contribution < -0.4 is 5.32 Å². The molecule has 28 heavy (non-hydrogen) atoms. The molecule has 1 aliphatic rings. The molecule has 2 aromatic rings. The smallest absolute Gasteiger partial charge is 0.227 e. The summed E-state index contributed by atoms with van der Waals surface area (Å²) >= 11 is 0. The third-order valence-corrected chi connectivity index (χ3v) is 5.21. The fourth-order valence-corrected chi connectivity index (χ4v) is 3.57. The van der Waals surface area contributed by atoms with E-state index in [1.54, 1.807) is 29.2 Å². The van der Waals surface area contributed by atoms with Gasteiger partial charge in [0.05, 0.1) is 11.8 Å². The summed E-state index contributed by atoms with van der Waals surface area (Å²) in [6.07, 6.45) is 1.60. The summed E-state index contributed by atoms with van der Waals surface area (Å²) in [7, 11) is 0. The number of likely N-dealkylation sites (tertiary alicyclic amines) is 1. The molecule has 6 heteroatoms. The van der Waals surface area contributed by atoms with Crippen molar-refractivity contribution in [2.45, 2.75) is 32.7 Å². The number of rotatable bonds is 5. The number of nitrogens with zero attached hydrogens (tertiary/aromatic N) is 1. The van der Waals surface area contributed by atoms with Crippen LogP contribution in [0.1, 0.15) is 30.9 Å². The Kier molecular flexibility index (Phi) is 6.07. The summed E-state index contributed by atoms with van der Waals surface area (Å²) in [6.45, 7) is 3.04. The van der Waals surface area contributed by atoms with Crippen molar-refractivity contribution in [1.82, 2.24) is 10.2 Å². The van der Waals surface area contributed by atoms with Gasteiger partial charge < -0.3 is 10.2 Å². The molecule has 1 aliphatic heterocycles. The highest BCUT2D eigenvalue weighted by molar-refractivity contribution is 5.84. The van der Waals surface area contributed by atoms with Crippen LogP contribution in [0.15, 0.2) is 48.5 Å². The summed E-state index contributed by atoms with van der Waals surface area (Å²) in [5.41, 5.74) is 0.746. The number of benzene rings is 2. The lowest BCUT2D eigenvalue weighted by molar-refractivity contribution is -0.140. The van der Waals surface area contributed by atoms with Crippen LogP contribution >= 0.6 is 0 Å². The van der Waals surface area contributed by atoms with Gasteiger partial charge in [0.15, 0.2) is 0 Å². The highest BCUT2D eigenvalue weighted by atomic mass is 19.1. The molecule has 0 aliphatic carbocycles. The average Bonchev–Trinajstić information content (AvgIpc) is 2.68. The summed E-state index contributed by atoms with van der Waals surface area (Å²) in [5, 5.41) is 2.87. The molecule has 1 atom stereocenters. The second-order valence-electron chi connectivity index (χ2n) is 7.60. The molecule has 4 nitrogen and oxygen atoms in total. The van der Waals surface area contributed by atoms with Crippen LogP contribution in [0.2, 0.25) is 0 Å². The number of hydrogen-bond acceptors (Lipinski definition) is 2. The molecule has 1 fully saturated rings. The third-order valence-electron chi connectivity index (χ3n) is 5.21. The Hall–Kier alpha value is -2.76. The van der Waals surface area contributed by atoms with Crippen molar-refractivity contribution < 1.29 is 18.4 Å². The molecule has 0 bridgehead atoms. The first kappa shape index (κ1) is 20.0. The maximum Gasteiger partial charge on any atom is 0.227 e.